The summed E-state index contributed by atoms with van der Waals surface area (Å²) < 4.78 is 7.79. The van der Waals surface area contributed by atoms with Gasteiger partial charge in [-0.3, -0.25) is 0 Å². The Kier molecular flexibility index (Phi) is 6.12. The van der Waals surface area contributed by atoms with E-state index < -0.39 is 0 Å². The molecule has 0 saturated carbocycles. The molecule has 2 aromatic rings. The summed E-state index contributed by atoms with van der Waals surface area (Å²) in [5.74, 6) is 0.929. The van der Waals surface area contributed by atoms with Crippen LogP contribution in [0.3, 0.4) is 0 Å². The predicted octanol–water partition coefficient (Wildman–Crippen LogP) is 5.92. The molecule has 0 aliphatic carbocycles. The standard InChI is InChI=1S/C17H19Br2NO/c1-3-7-21-14-6-4-5-13(10-14)11-20-17-15(18)8-12(2)9-16(17)19/h4-6,8-10,20H,3,7,11H2,1-2H3. The molecule has 0 atom stereocenters. The number of hydrogen-bond donors (Lipinski definition) is 1. The Morgan fingerprint density at radius 2 is 1.81 bits per heavy atom. The van der Waals surface area contributed by atoms with Crippen molar-refractivity contribution in [1.29, 1.82) is 0 Å². The van der Waals surface area contributed by atoms with E-state index in [1.54, 1.807) is 0 Å². The van der Waals surface area contributed by atoms with E-state index in [1.807, 2.05) is 12.1 Å². The zero-order valence-electron chi connectivity index (χ0n) is 12.2. The second-order valence-electron chi connectivity index (χ2n) is 4.95. The Labute approximate surface area is 143 Å². The SMILES string of the molecule is CCCOc1cccc(CNc2c(Br)cc(C)cc2Br)c1. The van der Waals surface area contributed by atoms with Gasteiger partial charge in [0, 0.05) is 15.5 Å². The van der Waals surface area contributed by atoms with Gasteiger partial charge in [0.25, 0.3) is 0 Å². The van der Waals surface area contributed by atoms with Crippen LogP contribution in [0.2, 0.25) is 0 Å². The number of anilines is 1. The molecule has 0 bridgehead atoms. The lowest BCUT2D eigenvalue weighted by atomic mass is 10.2. The third-order valence-corrected chi connectivity index (χ3v) is 4.28. The lowest BCUT2D eigenvalue weighted by Crippen LogP contribution is -2.02. The molecule has 0 fully saturated rings. The van der Waals surface area contributed by atoms with Crippen LogP contribution in [-0.2, 0) is 6.54 Å². The number of hydrogen-bond acceptors (Lipinski definition) is 2. The Morgan fingerprint density at radius 1 is 1.10 bits per heavy atom. The summed E-state index contributed by atoms with van der Waals surface area (Å²) in [6, 6.07) is 12.4. The van der Waals surface area contributed by atoms with E-state index in [0.29, 0.717) is 0 Å². The largest absolute Gasteiger partial charge is 0.494 e. The van der Waals surface area contributed by atoms with Crippen molar-refractivity contribution in [2.75, 3.05) is 11.9 Å². The molecule has 21 heavy (non-hydrogen) atoms. The van der Waals surface area contributed by atoms with Crippen molar-refractivity contribution in [3.63, 3.8) is 0 Å². The molecule has 0 unspecified atom stereocenters. The van der Waals surface area contributed by atoms with Gasteiger partial charge >= 0.3 is 0 Å². The van der Waals surface area contributed by atoms with Crippen LogP contribution in [0.15, 0.2) is 45.3 Å². The first-order chi connectivity index (χ1) is 10.1. The zero-order chi connectivity index (χ0) is 15.2. The van der Waals surface area contributed by atoms with Crippen molar-refractivity contribution in [2.24, 2.45) is 0 Å². The van der Waals surface area contributed by atoms with Crippen molar-refractivity contribution in [1.82, 2.24) is 0 Å². The molecule has 0 radical (unpaired) electrons. The highest BCUT2D eigenvalue weighted by molar-refractivity contribution is 9.11. The van der Waals surface area contributed by atoms with Crippen LogP contribution in [0.25, 0.3) is 0 Å². The number of aryl methyl sites for hydroxylation is 1. The van der Waals surface area contributed by atoms with Crippen LogP contribution < -0.4 is 10.1 Å². The molecule has 2 nitrogen and oxygen atoms in total. The van der Waals surface area contributed by atoms with Crippen molar-refractivity contribution in [2.45, 2.75) is 26.8 Å². The summed E-state index contributed by atoms with van der Waals surface area (Å²) in [6.07, 6.45) is 1.02. The maximum absolute atomic E-state index is 5.66. The van der Waals surface area contributed by atoms with Gasteiger partial charge in [0.1, 0.15) is 5.75 Å². The topological polar surface area (TPSA) is 21.3 Å². The molecule has 0 spiro atoms. The molecule has 0 amide bonds. The average Bonchev–Trinajstić information content (AvgIpc) is 2.44. The smallest absolute Gasteiger partial charge is 0.119 e. The molecule has 4 heteroatoms. The second-order valence-corrected chi connectivity index (χ2v) is 6.66. The Morgan fingerprint density at radius 3 is 2.48 bits per heavy atom. The van der Waals surface area contributed by atoms with Crippen molar-refractivity contribution >= 4 is 37.5 Å². The van der Waals surface area contributed by atoms with Gasteiger partial charge in [0.15, 0.2) is 0 Å². The lowest BCUT2D eigenvalue weighted by molar-refractivity contribution is 0.317. The summed E-state index contributed by atoms with van der Waals surface area (Å²) in [5.41, 5.74) is 3.48. The number of halogens is 2. The van der Waals surface area contributed by atoms with Gasteiger partial charge in [-0.25, -0.2) is 0 Å². The molecule has 0 aromatic heterocycles. The van der Waals surface area contributed by atoms with Crippen molar-refractivity contribution in [3.8, 4) is 5.75 Å². The summed E-state index contributed by atoms with van der Waals surface area (Å²) in [5, 5.41) is 3.46. The van der Waals surface area contributed by atoms with Crippen LogP contribution >= 0.6 is 31.9 Å². The van der Waals surface area contributed by atoms with E-state index in [2.05, 4.69) is 75.3 Å². The highest BCUT2D eigenvalue weighted by Gasteiger charge is 2.06. The first-order valence-corrected chi connectivity index (χ1v) is 8.60. The normalized spacial score (nSPS) is 10.5. The van der Waals surface area contributed by atoms with Crippen LogP contribution in [0.4, 0.5) is 5.69 Å². The molecule has 0 saturated heterocycles. The Hall–Kier alpha value is -1.00. The van der Waals surface area contributed by atoms with Gasteiger partial charge in [-0.05, 0) is 80.6 Å². The predicted molar refractivity (Wildman–Crippen MR) is 96.1 cm³/mol. The Balaban J connectivity index is 2.06. The highest BCUT2D eigenvalue weighted by atomic mass is 79.9. The molecule has 1 N–H and O–H groups in total. The average molecular weight is 413 g/mol. The minimum Gasteiger partial charge on any atom is -0.494 e. The first kappa shape index (κ1) is 16.4. The fourth-order valence-corrected chi connectivity index (χ4v) is 3.72. The molecular weight excluding hydrogens is 394 g/mol. The molecule has 0 heterocycles. The van der Waals surface area contributed by atoms with Crippen molar-refractivity contribution in [3.05, 3.63) is 56.5 Å². The molecule has 0 aliphatic rings. The van der Waals surface area contributed by atoms with Crippen molar-refractivity contribution < 1.29 is 4.74 Å². The van der Waals surface area contributed by atoms with E-state index >= 15 is 0 Å². The van der Waals surface area contributed by atoms with E-state index in [4.69, 9.17) is 4.74 Å². The van der Waals surface area contributed by atoms with Crippen LogP contribution in [-0.4, -0.2) is 6.61 Å². The third-order valence-electron chi connectivity index (χ3n) is 3.03. The molecule has 112 valence electrons. The highest BCUT2D eigenvalue weighted by Crippen LogP contribution is 2.32. The number of benzene rings is 2. The summed E-state index contributed by atoms with van der Waals surface area (Å²) in [4.78, 5) is 0. The maximum atomic E-state index is 5.66. The minimum atomic E-state index is 0.754. The first-order valence-electron chi connectivity index (χ1n) is 7.01. The van der Waals surface area contributed by atoms with Crippen LogP contribution in [0, 0.1) is 6.92 Å². The fraction of sp³-hybridized carbons (Fsp3) is 0.294. The van der Waals surface area contributed by atoms with E-state index in [9.17, 15) is 0 Å². The number of rotatable bonds is 6. The molecule has 2 rings (SSSR count). The summed E-state index contributed by atoms with van der Waals surface area (Å²) in [6.45, 7) is 5.70. The monoisotopic (exact) mass is 411 g/mol. The van der Waals surface area contributed by atoms with Gasteiger partial charge in [-0.15, -0.1) is 0 Å². The van der Waals surface area contributed by atoms with Gasteiger partial charge in [-0.1, -0.05) is 19.1 Å². The molecule has 2 aromatic carbocycles. The lowest BCUT2D eigenvalue weighted by Gasteiger charge is -2.13. The Bertz CT molecular complexity index is 590. The quantitative estimate of drug-likeness (QED) is 0.635. The zero-order valence-corrected chi connectivity index (χ0v) is 15.4. The maximum Gasteiger partial charge on any atom is 0.119 e. The second kappa shape index (κ2) is 7.85. The number of ether oxygens (including phenoxy) is 1. The third kappa shape index (κ3) is 4.75. The fourth-order valence-electron chi connectivity index (χ4n) is 2.02. The van der Waals surface area contributed by atoms with E-state index in [-0.39, 0.29) is 0 Å². The van der Waals surface area contributed by atoms with Gasteiger partial charge in [0.2, 0.25) is 0 Å². The van der Waals surface area contributed by atoms with Crippen LogP contribution in [0.1, 0.15) is 24.5 Å². The summed E-state index contributed by atoms with van der Waals surface area (Å²) in [7, 11) is 0. The molecular formula is C17H19Br2NO. The molecule has 0 aliphatic heterocycles. The number of nitrogens with one attached hydrogen (secondary N) is 1. The van der Waals surface area contributed by atoms with Crippen LogP contribution in [0.5, 0.6) is 5.75 Å². The summed E-state index contributed by atoms with van der Waals surface area (Å²) >= 11 is 7.21. The minimum absolute atomic E-state index is 0.754. The van der Waals surface area contributed by atoms with Gasteiger partial charge in [-0.2, -0.15) is 0 Å². The van der Waals surface area contributed by atoms with Gasteiger partial charge < -0.3 is 10.1 Å². The van der Waals surface area contributed by atoms with Gasteiger partial charge in [0.05, 0.1) is 12.3 Å². The van der Waals surface area contributed by atoms with E-state index in [1.165, 1.54) is 11.1 Å². The van der Waals surface area contributed by atoms with E-state index in [0.717, 1.165) is 40.0 Å².